The highest BCUT2D eigenvalue weighted by atomic mass is 32.1. The molecule has 0 atom stereocenters. The van der Waals surface area contributed by atoms with Crippen molar-refractivity contribution < 1.29 is 19.2 Å². The first-order valence-electron chi connectivity index (χ1n) is 6.17. The van der Waals surface area contributed by atoms with Gasteiger partial charge in [0.25, 0.3) is 11.6 Å². The lowest BCUT2D eigenvalue weighted by molar-refractivity contribution is -0.385. The number of nitro groups is 1. The number of ether oxygens (including phenoxy) is 1. The van der Waals surface area contributed by atoms with Gasteiger partial charge in [-0.15, -0.1) is 11.3 Å². The minimum atomic E-state index is -0.518. The number of rotatable bonds is 4. The zero-order valence-corrected chi connectivity index (χ0v) is 12.6. The lowest BCUT2D eigenvalue weighted by Gasteiger charge is -2.04. The first-order valence-corrected chi connectivity index (χ1v) is 6.98. The SMILES string of the molecule is COC(=O)c1ccc(C(=O)Nc2ccc(C)c([N+](=O)[O-])c2)s1. The number of nitro benzene ring substituents is 1. The average molecular weight is 320 g/mol. The van der Waals surface area contributed by atoms with Gasteiger partial charge in [-0.05, 0) is 25.1 Å². The molecule has 0 saturated carbocycles. The van der Waals surface area contributed by atoms with Crippen LogP contribution >= 0.6 is 11.3 Å². The number of hydrogen-bond donors (Lipinski definition) is 1. The molecule has 114 valence electrons. The van der Waals surface area contributed by atoms with Crippen LogP contribution in [-0.4, -0.2) is 23.9 Å². The molecule has 7 nitrogen and oxygen atoms in total. The van der Waals surface area contributed by atoms with Crippen molar-refractivity contribution in [3.8, 4) is 0 Å². The molecule has 1 aromatic heterocycles. The Morgan fingerprint density at radius 3 is 2.55 bits per heavy atom. The molecule has 0 aliphatic rings. The van der Waals surface area contributed by atoms with Crippen LogP contribution < -0.4 is 5.32 Å². The van der Waals surface area contributed by atoms with Crippen LogP contribution in [0, 0.1) is 17.0 Å². The quantitative estimate of drug-likeness (QED) is 0.530. The highest BCUT2D eigenvalue weighted by Gasteiger charge is 2.16. The van der Waals surface area contributed by atoms with Gasteiger partial charge in [-0.3, -0.25) is 14.9 Å². The smallest absolute Gasteiger partial charge is 0.348 e. The third-order valence-electron chi connectivity index (χ3n) is 2.88. The van der Waals surface area contributed by atoms with Crippen LogP contribution in [0.15, 0.2) is 30.3 Å². The van der Waals surface area contributed by atoms with Crippen LogP contribution in [0.3, 0.4) is 0 Å². The molecule has 8 heteroatoms. The van der Waals surface area contributed by atoms with E-state index in [9.17, 15) is 19.7 Å². The van der Waals surface area contributed by atoms with Gasteiger partial charge in [0.2, 0.25) is 0 Å². The number of nitrogens with one attached hydrogen (secondary N) is 1. The monoisotopic (exact) mass is 320 g/mol. The zero-order chi connectivity index (χ0) is 16.3. The molecule has 0 spiro atoms. The van der Waals surface area contributed by atoms with Gasteiger partial charge < -0.3 is 10.1 Å². The number of carbonyl (C=O) groups is 2. The molecule has 22 heavy (non-hydrogen) atoms. The number of hydrogen-bond acceptors (Lipinski definition) is 6. The summed E-state index contributed by atoms with van der Waals surface area (Å²) < 4.78 is 4.57. The standard InChI is InChI=1S/C14H12N2O5S/c1-8-3-4-9(7-10(8)16(19)20)15-13(17)11-5-6-12(22-11)14(18)21-2/h3-7H,1-2H3,(H,15,17). The molecule has 1 heterocycles. The van der Waals surface area contributed by atoms with Gasteiger partial charge in [-0.2, -0.15) is 0 Å². The summed E-state index contributed by atoms with van der Waals surface area (Å²) >= 11 is 0.986. The minimum absolute atomic E-state index is 0.0702. The van der Waals surface area contributed by atoms with Gasteiger partial charge in [0.05, 0.1) is 16.9 Å². The van der Waals surface area contributed by atoms with Crippen molar-refractivity contribution in [1.29, 1.82) is 0 Å². The Morgan fingerprint density at radius 2 is 1.91 bits per heavy atom. The lowest BCUT2D eigenvalue weighted by atomic mass is 10.2. The molecule has 1 N–H and O–H groups in total. The molecular weight excluding hydrogens is 308 g/mol. The maximum Gasteiger partial charge on any atom is 0.348 e. The third kappa shape index (κ3) is 3.29. The minimum Gasteiger partial charge on any atom is -0.465 e. The summed E-state index contributed by atoms with van der Waals surface area (Å²) in [6.07, 6.45) is 0. The van der Waals surface area contributed by atoms with E-state index in [0.717, 1.165) is 11.3 Å². The van der Waals surface area contributed by atoms with Gasteiger partial charge in [0.15, 0.2) is 0 Å². The van der Waals surface area contributed by atoms with E-state index in [2.05, 4.69) is 10.1 Å². The Hall–Kier alpha value is -2.74. The Bertz CT molecular complexity index is 753. The molecule has 0 saturated heterocycles. The maximum absolute atomic E-state index is 12.1. The number of nitrogens with zero attached hydrogens (tertiary/aromatic N) is 1. The van der Waals surface area contributed by atoms with E-state index in [1.165, 1.54) is 25.3 Å². The summed E-state index contributed by atoms with van der Waals surface area (Å²) in [6, 6.07) is 7.41. The van der Waals surface area contributed by atoms with E-state index in [-0.39, 0.29) is 5.69 Å². The van der Waals surface area contributed by atoms with E-state index in [4.69, 9.17) is 0 Å². The first kappa shape index (κ1) is 15.6. The van der Waals surface area contributed by atoms with Crippen molar-refractivity contribution >= 4 is 34.6 Å². The maximum atomic E-state index is 12.1. The number of amides is 1. The topological polar surface area (TPSA) is 98.5 Å². The van der Waals surface area contributed by atoms with Crippen molar-refractivity contribution in [1.82, 2.24) is 0 Å². The normalized spacial score (nSPS) is 10.1. The Morgan fingerprint density at radius 1 is 1.23 bits per heavy atom. The van der Waals surface area contributed by atoms with E-state index in [1.54, 1.807) is 19.1 Å². The molecule has 0 fully saturated rings. The number of esters is 1. The second-order valence-electron chi connectivity index (χ2n) is 4.37. The Balaban J connectivity index is 2.18. The van der Waals surface area contributed by atoms with Gasteiger partial charge in [-0.1, -0.05) is 6.07 Å². The molecule has 2 rings (SSSR count). The van der Waals surface area contributed by atoms with Crippen LogP contribution in [-0.2, 0) is 4.74 Å². The summed E-state index contributed by atoms with van der Waals surface area (Å²) in [5.74, 6) is -0.965. The molecule has 1 aromatic carbocycles. The van der Waals surface area contributed by atoms with Crippen molar-refractivity contribution in [2.45, 2.75) is 6.92 Å². The highest BCUT2D eigenvalue weighted by molar-refractivity contribution is 7.16. The number of thiophene rings is 1. The van der Waals surface area contributed by atoms with Gasteiger partial charge in [0.1, 0.15) is 4.88 Å². The second kappa shape index (κ2) is 6.35. The number of methoxy groups -OCH3 is 1. The summed E-state index contributed by atoms with van der Waals surface area (Å²) in [6.45, 7) is 1.62. The van der Waals surface area contributed by atoms with Crippen LogP contribution in [0.1, 0.15) is 24.9 Å². The summed E-state index contributed by atoms with van der Waals surface area (Å²) in [7, 11) is 1.26. The number of aryl methyl sites for hydroxylation is 1. The number of benzene rings is 1. The van der Waals surface area contributed by atoms with Gasteiger partial charge >= 0.3 is 5.97 Å². The predicted octanol–water partition coefficient (Wildman–Crippen LogP) is 3.00. The van der Waals surface area contributed by atoms with Crippen LogP contribution in [0.2, 0.25) is 0 Å². The Labute approximate surface area is 129 Å². The van der Waals surface area contributed by atoms with Crippen LogP contribution in [0.25, 0.3) is 0 Å². The second-order valence-corrected chi connectivity index (χ2v) is 5.45. The fourth-order valence-electron chi connectivity index (χ4n) is 1.75. The summed E-state index contributed by atoms with van der Waals surface area (Å²) in [5.41, 5.74) is 0.752. The molecule has 2 aromatic rings. The van der Waals surface area contributed by atoms with Crippen LogP contribution in [0.5, 0.6) is 0 Å². The van der Waals surface area contributed by atoms with Gasteiger partial charge in [-0.25, -0.2) is 4.79 Å². The fraction of sp³-hybridized carbons (Fsp3) is 0.143. The molecule has 1 amide bonds. The van der Waals surface area contributed by atoms with Crippen molar-refractivity contribution in [2.75, 3.05) is 12.4 Å². The first-order chi connectivity index (χ1) is 10.4. The highest BCUT2D eigenvalue weighted by Crippen LogP contribution is 2.24. The largest absolute Gasteiger partial charge is 0.465 e. The number of carbonyl (C=O) groups excluding carboxylic acids is 2. The predicted molar refractivity (Wildman–Crippen MR) is 81.4 cm³/mol. The number of anilines is 1. The summed E-state index contributed by atoms with van der Waals surface area (Å²) in [4.78, 5) is 34.4. The van der Waals surface area contributed by atoms with Crippen molar-refractivity contribution in [2.24, 2.45) is 0 Å². The van der Waals surface area contributed by atoms with E-state index >= 15 is 0 Å². The molecular formula is C14H12N2O5S. The van der Waals surface area contributed by atoms with Crippen LogP contribution in [0.4, 0.5) is 11.4 Å². The molecule has 0 unspecified atom stereocenters. The molecule has 0 aliphatic carbocycles. The fourth-order valence-corrected chi connectivity index (χ4v) is 2.57. The van der Waals surface area contributed by atoms with Gasteiger partial charge in [0, 0.05) is 17.3 Å². The Kier molecular flexibility index (Phi) is 4.52. The molecule has 0 aliphatic heterocycles. The van der Waals surface area contributed by atoms with E-state index < -0.39 is 16.8 Å². The molecule has 0 bridgehead atoms. The third-order valence-corrected chi connectivity index (χ3v) is 3.94. The average Bonchev–Trinajstić information content (AvgIpc) is 2.98. The summed E-state index contributed by atoms with van der Waals surface area (Å²) in [5, 5.41) is 13.5. The molecule has 0 radical (unpaired) electrons. The van der Waals surface area contributed by atoms with E-state index in [1.807, 2.05) is 0 Å². The zero-order valence-electron chi connectivity index (χ0n) is 11.8. The lowest BCUT2D eigenvalue weighted by Crippen LogP contribution is -2.10. The van der Waals surface area contributed by atoms with Crippen molar-refractivity contribution in [3.63, 3.8) is 0 Å². The van der Waals surface area contributed by atoms with E-state index in [0.29, 0.717) is 21.0 Å². The van der Waals surface area contributed by atoms with Crippen molar-refractivity contribution in [3.05, 3.63) is 55.8 Å².